The van der Waals surface area contributed by atoms with Crippen molar-refractivity contribution in [1.82, 2.24) is 0 Å². The summed E-state index contributed by atoms with van der Waals surface area (Å²) in [4.78, 5) is 0. The van der Waals surface area contributed by atoms with E-state index >= 15 is 0 Å². The lowest BCUT2D eigenvalue weighted by molar-refractivity contribution is 0.983. The molecule has 0 saturated carbocycles. The fourth-order valence-corrected chi connectivity index (χ4v) is 0.787. The summed E-state index contributed by atoms with van der Waals surface area (Å²) < 4.78 is 5.36. The average Bonchev–Trinajstić information content (AvgIpc) is 1.21. The molecule has 0 nitrogen and oxygen atoms in total. The number of hydrogen-bond donors (Lipinski definition) is 0. The third-order valence-corrected chi connectivity index (χ3v) is 0.926. The van der Waals surface area contributed by atoms with Gasteiger partial charge in [0.1, 0.15) is 0 Å². The van der Waals surface area contributed by atoms with Crippen molar-refractivity contribution in [3.05, 3.63) is 0 Å². The van der Waals surface area contributed by atoms with E-state index < -0.39 is 9.65 Å². The fraction of sp³-hybridized carbons (Fsp3) is 1.00. The SMILES string of the molecule is [2H]C(Cl)CC(Cl)(Cl)Cl. The van der Waals surface area contributed by atoms with Gasteiger partial charge in [0.15, 0.2) is 3.79 Å². The molecule has 0 aromatic carbocycles. The van der Waals surface area contributed by atoms with Crippen LogP contribution in [0.25, 0.3) is 0 Å². The maximum Gasteiger partial charge on any atom is 0.191 e. The van der Waals surface area contributed by atoms with Crippen LogP contribution < -0.4 is 0 Å². The molecule has 0 spiro atoms. The third kappa shape index (κ3) is 7.16. The Labute approximate surface area is 64.1 Å². The van der Waals surface area contributed by atoms with Crippen LogP contribution in [0, 0.1) is 0 Å². The fourth-order valence-electron chi connectivity index (χ4n) is 0.0875. The lowest BCUT2D eigenvalue weighted by Gasteiger charge is -2.04. The molecule has 0 aliphatic carbocycles. The van der Waals surface area contributed by atoms with Crippen molar-refractivity contribution in [3.63, 3.8) is 0 Å². The zero-order valence-electron chi connectivity index (χ0n) is 4.30. The molecule has 0 amide bonds. The van der Waals surface area contributed by atoms with E-state index in [0.29, 0.717) is 0 Å². The van der Waals surface area contributed by atoms with E-state index in [1.54, 1.807) is 0 Å². The smallest absolute Gasteiger partial charge is 0.127 e. The van der Waals surface area contributed by atoms with Gasteiger partial charge in [0, 0.05) is 13.6 Å². The summed E-state index contributed by atoms with van der Waals surface area (Å²) in [7, 11) is 0. The highest BCUT2D eigenvalue weighted by Crippen LogP contribution is 2.29. The lowest BCUT2D eigenvalue weighted by Crippen LogP contribution is -2.01. The van der Waals surface area contributed by atoms with E-state index in [2.05, 4.69) is 0 Å². The number of halogens is 4. The van der Waals surface area contributed by atoms with E-state index in [4.69, 9.17) is 47.8 Å². The molecule has 0 aromatic heterocycles. The van der Waals surface area contributed by atoms with Crippen molar-refractivity contribution in [2.45, 2.75) is 10.2 Å². The van der Waals surface area contributed by atoms with Gasteiger partial charge >= 0.3 is 0 Å². The maximum absolute atomic E-state index is 6.75. The van der Waals surface area contributed by atoms with Crippen molar-refractivity contribution >= 4 is 46.4 Å². The predicted molar refractivity (Wildman–Crippen MR) is 35.6 cm³/mol. The van der Waals surface area contributed by atoms with Crippen LogP contribution in [-0.2, 0) is 0 Å². The summed E-state index contributed by atoms with van der Waals surface area (Å²) in [6.45, 7) is 0. The first kappa shape index (κ1) is 6.28. The van der Waals surface area contributed by atoms with Crippen LogP contribution in [0.5, 0.6) is 0 Å². The molecule has 7 heavy (non-hydrogen) atoms. The minimum absolute atomic E-state index is 0.0548. The molecule has 0 aromatic rings. The van der Waals surface area contributed by atoms with Crippen LogP contribution in [0.4, 0.5) is 0 Å². The third-order valence-electron chi connectivity index (χ3n) is 0.309. The second kappa shape index (κ2) is 3.24. The second-order valence-electron chi connectivity index (χ2n) is 0.974. The first-order valence-corrected chi connectivity index (χ1v) is 3.12. The van der Waals surface area contributed by atoms with Crippen molar-refractivity contribution in [3.8, 4) is 0 Å². The Morgan fingerprint density at radius 1 is 1.43 bits per heavy atom. The first-order valence-electron chi connectivity index (χ1n) is 2.12. The summed E-state index contributed by atoms with van der Waals surface area (Å²) >= 11 is 20.9. The van der Waals surface area contributed by atoms with Gasteiger partial charge in [0.25, 0.3) is 0 Å². The van der Waals surface area contributed by atoms with Gasteiger partial charge in [-0.25, -0.2) is 0 Å². The van der Waals surface area contributed by atoms with E-state index in [-0.39, 0.29) is 6.42 Å². The highest BCUT2D eigenvalue weighted by molar-refractivity contribution is 6.67. The van der Waals surface area contributed by atoms with E-state index in [0.717, 1.165) is 0 Å². The van der Waals surface area contributed by atoms with Crippen LogP contribution in [-0.4, -0.2) is 9.65 Å². The average molecular weight is 183 g/mol. The molecule has 0 heterocycles. The Morgan fingerprint density at radius 3 is 1.86 bits per heavy atom. The topological polar surface area (TPSA) is 0 Å². The highest BCUT2D eigenvalue weighted by Gasteiger charge is 2.17. The van der Waals surface area contributed by atoms with Gasteiger partial charge in [-0.1, -0.05) is 34.8 Å². The minimum atomic E-state index is -1.38. The number of hydrogen-bond acceptors (Lipinski definition) is 0. The molecule has 0 fully saturated rings. The summed E-state index contributed by atoms with van der Waals surface area (Å²) in [6.07, 6.45) is 0.0548. The summed E-state index contributed by atoms with van der Waals surface area (Å²) in [5, 5.41) is 0. The van der Waals surface area contributed by atoms with Gasteiger partial charge in [-0.05, 0) is 0 Å². The van der Waals surface area contributed by atoms with Crippen LogP contribution in [0.1, 0.15) is 7.79 Å². The van der Waals surface area contributed by atoms with Crippen LogP contribution in [0.3, 0.4) is 0 Å². The number of rotatable bonds is 1. The summed E-state index contributed by atoms with van der Waals surface area (Å²) in [6, 6.07) is 0. The molecule has 44 valence electrons. The largest absolute Gasteiger partial charge is 0.191 e. The Balaban J connectivity index is 3.39. The van der Waals surface area contributed by atoms with Gasteiger partial charge in [-0.15, -0.1) is 11.6 Å². The molecule has 0 rings (SSSR count). The predicted octanol–water partition coefficient (Wildman–Crippen LogP) is 2.99. The molecule has 0 radical (unpaired) electrons. The van der Waals surface area contributed by atoms with E-state index in [9.17, 15) is 0 Å². The summed E-state index contributed by atoms with van der Waals surface area (Å²) in [5.41, 5.74) is 0. The first-order chi connectivity index (χ1) is 3.42. The normalized spacial score (nSPS) is 18.6. The van der Waals surface area contributed by atoms with Crippen molar-refractivity contribution in [2.75, 3.05) is 5.86 Å². The van der Waals surface area contributed by atoms with E-state index in [1.165, 1.54) is 0 Å². The standard InChI is InChI=1S/C3H4Cl4/c4-2-1-3(5,6)7/h1-2H2/i2D. The Bertz CT molecular complexity index is 66.2. The van der Waals surface area contributed by atoms with Crippen LogP contribution in [0.15, 0.2) is 0 Å². The molecule has 0 bridgehead atoms. The molecule has 0 saturated heterocycles. The summed E-state index contributed by atoms with van der Waals surface area (Å²) in [5.74, 6) is -0.831. The molecule has 0 aliphatic heterocycles. The minimum Gasteiger partial charge on any atom is -0.127 e. The van der Waals surface area contributed by atoms with E-state index in [1.807, 2.05) is 0 Å². The Morgan fingerprint density at radius 2 is 1.86 bits per heavy atom. The lowest BCUT2D eigenvalue weighted by atomic mass is 10.6. The highest BCUT2D eigenvalue weighted by atomic mass is 35.6. The zero-order chi connectivity index (χ0) is 6.78. The van der Waals surface area contributed by atoms with Crippen molar-refractivity contribution < 1.29 is 1.37 Å². The van der Waals surface area contributed by atoms with Crippen LogP contribution >= 0.6 is 46.4 Å². The molecule has 1 unspecified atom stereocenters. The van der Waals surface area contributed by atoms with Gasteiger partial charge in [0.2, 0.25) is 0 Å². The van der Waals surface area contributed by atoms with Gasteiger partial charge < -0.3 is 0 Å². The van der Waals surface area contributed by atoms with Gasteiger partial charge in [-0.3, -0.25) is 0 Å². The quantitative estimate of drug-likeness (QED) is 0.548. The molecular weight excluding hydrogens is 178 g/mol. The van der Waals surface area contributed by atoms with Crippen molar-refractivity contribution in [2.24, 2.45) is 0 Å². The molecular formula is C3H4Cl4. The molecule has 0 aliphatic rings. The number of alkyl halides is 4. The molecule has 0 N–H and O–H groups in total. The zero-order valence-corrected chi connectivity index (χ0v) is 6.32. The Hall–Kier alpha value is 1.16. The second-order valence-corrected chi connectivity index (χ2v) is 3.80. The van der Waals surface area contributed by atoms with Gasteiger partial charge in [-0.2, -0.15) is 0 Å². The Kier molecular flexibility index (Phi) is 2.91. The monoisotopic (exact) mass is 181 g/mol. The van der Waals surface area contributed by atoms with Gasteiger partial charge in [0.05, 0.1) is 0 Å². The van der Waals surface area contributed by atoms with Crippen molar-refractivity contribution in [1.29, 1.82) is 0 Å². The molecule has 4 heteroatoms. The molecule has 1 atom stereocenters. The van der Waals surface area contributed by atoms with Crippen LogP contribution in [0.2, 0.25) is 0 Å². The maximum atomic E-state index is 6.75.